The fourth-order valence-corrected chi connectivity index (χ4v) is 3.93. The normalized spacial score (nSPS) is 11.1. The molecule has 0 aliphatic heterocycles. The van der Waals surface area contributed by atoms with E-state index in [9.17, 15) is 4.79 Å². The molecule has 2 N–H and O–H groups in total. The summed E-state index contributed by atoms with van der Waals surface area (Å²) in [7, 11) is 5.07. The molecule has 5 rings (SSSR count). The molecule has 1 amide bonds. The molecule has 1 atom stereocenters. The fourth-order valence-electron chi connectivity index (χ4n) is 3.93. The van der Waals surface area contributed by atoms with E-state index in [0.717, 1.165) is 12.0 Å². The molecule has 4 heterocycles. The van der Waals surface area contributed by atoms with E-state index in [0.29, 0.717) is 29.4 Å². The summed E-state index contributed by atoms with van der Waals surface area (Å²) in [5, 5.41) is 12.6. The van der Waals surface area contributed by atoms with Gasteiger partial charge in [-0.3, -0.25) is 9.48 Å². The summed E-state index contributed by atoms with van der Waals surface area (Å²) in [5.74, 6) is 0.821. The van der Waals surface area contributed by atoms with Gasteiger partial charge in [0.05, 0.1) is 12.4 Å². The van der Waals surface area contributed by atoms with Crippen LogP contribution in [0, 0.1) is 0 Å². The lowest BCUT2D eigenvalue weighted by atomic mass is 10.0. The summed E-state index contributed by atoms with van der Waals surface area (Å²) >= 11 is 0. The Labute approximate surface area is 240 Å². The Bertz CT molecular complexity index is 1480. The van der Waals surface area contributed by atoms with Crippen LogP contribution >= 0.6 is 0 Å². The molecule has 0 saturated heterocycles. The Morgan fingerprint density at radius 2 is 1.73 bits per heavy atom. The summed E-state index contributed by atoms with van der Waals surface area (Å²) in [5.41, 5.74) is 7.77. The molecule has 11 heteroatoms. The minimum absolute atomic E-state index is 0.00953. The van der Waals surface area contributed by atoms with Crippen molar-refractivity contribution < 1.29 is 13.6 Å². The van der Waals surface area contributed by atoms with Crippen molar-refractivity contribution in [2.45, 2.75) is 46.1 Å². The van der Waals surface area contributed by atoms with Gasteiger partial charge in [-0.15, -0.1) is 10.2 Å². The maximum absolute atomic E-state index is 13.3. The number of aryl methyl sites for hydroxylation is 1. The van der Waals surface area contributed by atoms with Gasteiger partial charge in [-0.2, -0.15) is 5.10 Å². The van der Waals surface area contributed by atoms with Crippen molar-refractivity contribution in [3.05, 3.63) is 89.9 Å². The molecule has 0 bridgehead atoms. The van der Waals surface area contributed by atoms with Crippen molar-refractivity contribution in [3.8, 4) is 23.2 Å². The van der Waals surface area contributed by atoms with Gasteiger partial charge in [0.2, 0.25) is 11.8 Å². The van der Waals surface area contributed by atoms with E-state index in [-0.39, 0.29) is 23.6 Å². The highest BCUT2D eigenvalue weighted by molar-refractivity contribution is 5.95. The van der Waals surface area contributed by atoms with Crippen LogP contribution in [0.4, 0.5) is 0 Å². The first kappa shape index (κ1) is 30.9. The third-order valence-corrected chi connectivity index (χ3v) is 5.71. The maximum Gasteiger partial charge on any atom is 0.266 e. The van der Waals surface area contributed by atoms with Crippen LogP contribution < -0.4 is 5.73 Å². The number of hydrogen-bond acceptors (Lipinski definition) is 9. The minimum Gasteiger partial charge on any atom is -0.443 e. The first-order chi connectivity index (χ1) is 19.9. The van der Waals surface area contributed by atoms with Gasteiger partial charge >= 0.3 is 0 Å². The van der Waals surface area contributed by atoms with Crippen LogP contribution in [0.25, 0.3) is 23.2 Å². The van der Waals surface area contributed by atoms with Crippen LogP contribution in [0.1, 0.15) is 60.5 Å². The van der Waals surface area contributed by atoms with Crippen molar-refractivity contribution in [2.75, 3.05) is 14.1 Å². The van der Waals surface area contributed by atoms with Crippen LogP contribution in [-0.4, -0.2) is 54.8 Å². The molecule has 0 aliphatic carbocycles. The number of oxazole rings is 1. The summed E-state index contributed by atoms with van der Waals surface area (Å²) in [4.78, 5) is 23.7. The van der Waals surface area contributed by atoms with Crippen LogP contribution in [0.2, 0.25) is 0 Å². The van der Waals surface area contributed by atoms with Crippen molar-refractivity contribution in [2.24, 2.45) is 12.8 Å². The van der Waals surface area contributed by atoms with Crippen LogP contribution in [0.5, 0.6) is 0 Å². The summed E-state index contributed by atoms with van der Waals surface area (Å²) in [6.45, 7) is 6.68. The minimum atomic E-state index is -0.201. The van der Waals surface area contributed by atoms with E-state index < -0.39 is 0 Å². The molecule has 5 aromatic rings. The van der Waals surface area contributed by atoms with Gasteiger partial charge in [0.25, 0.3) is 11.8 Å². The smallest absolute Gasteiger partial charge is 0.266 e. The number of rotatable bonds is 8. The van der Waals surface area contributed by atoms with Gasteiger partial charge < -0.3 is 19.5 Å². The Kier molecular flexibility index (Phi) is 11.5. The molecule has 0 radical (unpaired) electrons. The van der Waals surface area contributed by atoms with E-state index in [4.69, 9.17) is 8.83 Å². The average molecular weight is 559 g/mol. The predicted molar refractivity (Wildman–Crippen MR) is 157 cm³/mol. The highest BCUT2D eigenvalue weighted by atomic mass is 16.4. The summed E-state index contributed by atoms with van der Waals surface area (Å²) < 4.78 is 13.1. The lowest BCUT2D eigenvalue weighted by Crippen LogP contribution is -2.26. The van der Waals surface area contributed by atoms with Crippen molar-refractivity contribution in [1.82, 2.24) is 34.8 Å². The molecule has 1 aromatic carbocycles. The molecular weight excluding hydrogens is 520 g/mol. The number of pyridine rings is 1. The quantitative estimate of drug-likeness (QED) is 0.274. The molecule has 0 fully saturated rings. The number of aromatic nitrogens is 6. The van der Waals surface area contributed by atoms with Gasteiger partial charge in [0.1, 0.15) is 17.7 Å². The predicted octanol–water partition coefficient (Wildman–Crippen LogP) is 5.13. The number of hydrogen-bond donors (Lipinski definition) is 1. The molecule has 11 nitrogen and oxygen atoms in total. The van der Waals surface area contributed by atoms with Gasteiger partial charge in [-0.05, 0) is 31.2 Å². The molecule has 1 unspecified atom stereocenters. The fraction of sp³-hybridized carbons (Fsp3) is 0.333. The third kappa shape index (κ3) is 8.42. The van der Waals surface area contributed by atoms with Crippen LogP contribution in [0.15, 0.2) is 76.2 Å². The number of nitrogens with zero attached hydrogens (tertiary/aromatic N) is 7. The van der Waals surface area contributed by atoms with Gasteiger partial charge in [-0.1, -0.05) is 57.5 Å². The molecule has 216 valence electrons. The third-order valence-electron chi connectivity index (χ3n) is 5.71. The highest BCUT2D eigenvalue weighted by Gasteiger charge is 2.21. The molecule has 0 saturated carbocycles. The number of nitrogens with two attached hydrogens (primary N) is 1. The van der Waals surface area contributed by atoms with Crippen molar-refractivity contribution in [1.29, 1.82) is 0 Å². The first-order valence-corrected chi connectivity index (χ1v) is 13.5. The first-order valence-electron chi connectivity index (χ1n) is 13.5. The standard InChI is InChI=1S/C26H25N7O3.C3H8.CH5N/c1-17(11-18-7-5-4-6-8-18)23-30-31-25(36-23)22-13-20(12-21(29-22)24-27-9-10-35-24)26(34)32(2)15-19-14-28-33(3)16-19;1-3-2;1-2/h4-10,12-14,16-17H,11,15H2,1-3H3;3H2,1-2H3;2H2,1H3. The van der Waals surface area contributed by atoms with E-state index in [1.807, 2.05) is 38.4 Å². The highest BCUT2D eigenvalue weighted by Crippen LogP contribution is 2.27. The van der Waals surface area contributed by atoms with Crippen molar-refractivity contribution in [3.63, 3.8) is 0 Å². The molecule has 0 spiro atoms. The van der Waals surface area contributed by atoms with E-state index in [2.05, 4.69) is 57.0 Å². The molecule has 4 aromatic heterocycles. The zero-order valence-electron chi connectivity index (χ0n) is 24.5. The number of benzene rings is 1. The second kappa shape index (κ2) is 15.2. The molecule has 0 aliphatic rings. The lowest BCUT2D eigenvalue weighted by molar-refractivity contribution is 0.0785. The Balaban J connectivity index is 0.000000868. The number of carbonyl (C=O) groups excluding carboxylic acids is 1. The Morgan fingerprint density at radius 1 is 1.05 bits per heavy atom. The van der Waals surface area contributed by atoms with E-state index in [1.54, 1.807) is 35.0 Å². The molecular formula is C30H38N8O3. The summed E-state index contributed by atoms with van der Waals surface area (Å²) in [6, 6.07) is 13.4. The second-order valence-corrected chi connectivity index (χ2v) is 9.39. The Hall–Kier alpha value is -4.64. The lowest BCUT2D eigenvalue weighted by Gasteiger charge is -2.17. The number of carbonyl (C=O) groups is 1. The van der Waals surface area contributed by atoms with Crippen LogP contribution in [0.3, 0.4) is 0 Å². The van der Waals surface area contributed by atoms with Crippen LogP contribution in [-0.2, 0) is 20.0 Å². The van der Waals surface area contributed by atoms with Gasteiger partial charge in [0, 0.05) is 43.9 Å². The maximum atomic E-state index is 13.3. The van der Waals surface area contributed by atoms with E-state index >= 15 is 0 Å². The molecule has 41 heavy (non-hydrogen) atoms. The van der Waals surface area contributed by atoms with Gasteiger partial charge in [0.15, 0.2) is 0 Å². The zero-order valence-corrected chi connectivity index (χ0v) is 24.5. The number of amides is 1. The average Bonchev–Trinajstić information content (AvgIpc) is 3.77. The zero-order chi connectivity index (χ0) is 29.8. The van der Waals surface area contributed by atoms with Crippen molar-refractivity contribution >= 4 is 5.91 Å². The topological polar surface area (TPSA) is 142 Å². The monoisotopic (exact) mass is 558 g/mol. The second-order valence-electron chi connectivity index (χ2n) is 9.39. The SMILES string of the molecule is CC(Cc1ccccc1)c1nnc(-c2cc(C(=O)N(C)Cc3cnn(C)c3)cc(-c3ncco3)n2)o1.CCC.CN. The largest absolute Gasteiger partial charge is 0.443 e. The van der Waals surface area contributed by atoms with Gasteiger partial charge in [-0.25, -0.2) is 9.97 Å². The van der Waals surface area contributed by atoms with E-state index in [1.165, 1.54) is 31.5 Å². The Morgan fingerprint density at radius 3 is 2.34 bits per heavy atom. The summed E-state index contributed by atoms with van der Waals surface area (Å²) in [6.07, 6.45) is 8.59.